The Hall–Kier alpha value is -3.75. The number of likely N-dealkylation sites (N-methyl/N-ethyl adjacent to an activating group) is 1. The maximum absolute atomic E-state index is 13.3. The van der Waals surface area contributed by atoms with Gasteiger partial charge in [-0.05, 0) is 53.9 Å². The first-order valence-electron chi connectivity index (χ1n) is 11.2. The minimum absolute atomic E-state index is 0.0985. The predicted molar refractivity (Wildman–Crippen MR) is 130 cm³/mol. The summed E-state index contributed by atoms with van der Waals surface area (Å²) in [5.41, 5.74) is 2.53. The molecule has 0 saturated heterocycles. The summed E-state index contributed by atoms with van der Waals surface area (Å²) in [6, 6.07) is 12.5. The lowest BCUT2D eigenvalue weighted by Gasteiger charge is -2.25. The van der Waals surface area contributed by atoms with E-state index in [-0.39, 0.29) is 24.5 Å². The van der Waals surface area contributed by atoms with Crippen LogP contribution in [0.25, 0.3) is 0 Å². The fourth-order valence-corrected chi connectivity index (χ4v) is 3.73. The van der Waals surface area contributed by atoms with Crippen molar-refractivity contribution in [3.05, 3.63) is 53.6 Å². The zero-order valence-corrected chi connectivity index (χ0v) is 20.3. The van der Waals surface area contributed by atoms with Crippen LogP contribution in [-0.4, -0.2) is 69.0 Å². The van der Waals surface area contributed by atoms with Gasteiger partial charge in [0, 0.05) is 20.0 Å². The highest BCUT2D eigenvalue weighted by molar-refractivity contribution is 6.03. The molecule has 2 aromatic carbocycles. The Kier molecular flexibility index (Phi) is 8.34. The Labute approximate surface area is 200 Å². The minimum Gasteiger partial charge on any atom is -0.497 e. The first kappa shape index (κ1) is 24.9. The molecule has 34 heavy (non-hydrogen) atoms. The first-order valence-corrected chi connectivity index (χ1v) is 11.2. The summed E-state index contributed by atoms with van der Waals surface area (Å²) in [6.07, 6.45) is 1.33. The number of hydrogen-bond acceptors (Lipinski definition) is 6. The Morgan fingerprint density at radius 3 is 2.38 bits per heavy atom. The topological polar surface area (TPSA) is 92.7 Å². The summed E-state index contributed by atoms with van der Waals surface area (Å²) in [7, 11) is 6.36. The van der Waals surface area contributed by atoms with Crippen LogP contribution in [0.1, 0.15) is 36.9 Å². The van der Waals surface area contributed by atoms with Gasteiger partial charge in [-0.25, -0.2) is 9.80 Å². The third-order valence-electron chi connectivity index (χ3n) is 5.63. The first-order chi connectivity index (χ1) is 16.4. The Morgan fingerprint density at radius 1 is 1.06 bits per heavy atom. The summed E-state index contributed by atoms with van der Waals surface area (Å²) in [4.78, 5) is 26.9. The van der Waals surface area contributed by atoms with Gasteiger partial charge in [-0.3, -0.25) is 4.79 Å². The molecule has 1 atom stereocenters. The van der Waals surface area contributed by atoms with Crippen molar-refractivity contribution in [2.24, 2.45) is 5.10 Å². The molecule has 1 aliphatic heterocycles. The fraction of sp³-hybridized carbons (Fsp3) is 0.400. The summed E-state index contributed by atoms with van der Waals surface area (Å²) in [5.74, 6) is 1.64. The van der Waals surface area contributed by atoms with E-state index in [1.165, 1.54) is 9.91 Å². The summed E-state index contributed by atoms with van der Waals surface area (Å²) >= 11 is 0. The lowest BCUT2D eigenvalue weighted by atomic mass is 9.98. The lowest BCUT2D eigenvalue weighted by Crippen LogP contribution is -2.43. The number of benzene rings is 2. The van der Waals surface area contributed by atoms with Gasteiger partial charge < -0.3 is 24.4 Å². The summed E-state index contributed by atoms with van der Waals surface area (Å²) in [5, 5.41) is 8.92. The van der Waals surface area contributed by atoms with Gasteiger partial charge >= 0.3 is 6.03 Å². The molecule has 0 radical (unpaired) electrons. The van der Waals surface area contributed by atoms with E-state index in [2.05, 4.69) is 10.4 Å². The fourth-order valence-electron chi connectivity index (χ4n) is 3.73. The van der Waals surface area contributed by atoms with Crippen LogP contribution in [0.5, 0.6) is 17.2 Å². The number of ether oxygens (including phenoxy) is 3. The van der Waals surface area contributed by atoms with E-state index in [4.69, 9.17) is 14.2 Å². The normalized spacial score (nSPS) is 14.9. The van der Waals surface area contributed by atoms with Crippen molar-refractivity contribution in [3.8, 4) is 17.2 Å². The van der Waals surface area contributed by atoms with Crippen molar-refractivity contribution in [3.63, 3.8) is 0 Å². The number of hydrazone groups is 1. The Balaban J connectivity index is 1.90. The number of carbonyl (C=O) groups excluding carboxylic acids is 2. The average molecular weight is 469 g/mol. The van der Waals surface area contributed by atoms with Crippen LogP contribution in [0.4, 0.5) is 4.79 Å². The summed E-state index contributed by atoms with van der Waals surface area (Å²) in [6.45, 7) is 2.42. The van der Waals surface area contributed by atoms with E-state index in [9.17, 15) is 9.59 Å². The van der Waals surface area contributed by atoms with Gasteiger partial charge in [0.2, 0.25) is 0 Å². The van der Waals surface area contributed by atoms with E-state index in [1.807, 2.05) is 49.4 Å². The molecule has 3 rings (SSSR count). The third kappa shape index (κ3) is 5.59. The van der Waals surface area contributed by atoms with E-state index >= 15 is 0 Å². The molecule has 9 heteroatoms. The van der Waals surface area contributed by atoms with Gasteiger partial charge in [-0.15, -0.1) is 0 Å². The highest BCUT2D eigenvalue weighted by atomic mass is 16.5. The van der Waals surface area contributed by atoms with E-state index in [0.717, 1.165) is 29.0 Å². The van der Waals surface area contributed by atoms with Crippen LogP contribution >= 0.6 is 0 Å². The van der Waals surface area contributed by atoms with Crippen molar-refractivity contribution in [1.29, 1.82) is 0 Å². The van der Waals surface area contributed by atoms with Gasteiger partial charge in [0.15, 0.2) is 11.5 Å². The number of amides is 3. The molecule has 9 nitrogen and oxygen atoms in total. The second-order valence-corrected chi connectivity index (χ2v) is 7.94. The number of hydrogen-bond donors (Lipinski definition) is 1. The lowest BCUT2D eigenvalue weighted by molar-refractivity contribution is -0.133. The van der Waals surface area contributed by atoms with Crippen LogP contribution in [0.15, 0.2) is 47.6 Å². The molecule has 3 amide bonds. The predicted octanol–water partition coefficient (Wildman–Crippen LogP) is 3.44. The molecule has 182 valence electrons. The van der Waals surface area contributed by atoms with Gasteiger partial charge in [0.1, 0.15) is 12.3 Å². The number of rotatable bonds is 9. The zero-order chi connectivity index (χ0) is 24.7. The molecule has 2 aromatic rings. The van der Waals surface area contributed by atoms with E-state index in [0.29, 0.717) is 24.5 Å². The van der Waals surface area contributed by atoms with Gasteiger partial charge in [-0.2, -0.15) is 5.10 Å². The molecule has 0 spiro atoms. The molecule has 0 fully saturated rings. The zero-order valence-electron chi connectivity index (χ0n) is 20.3. The second kappa shape index (κ2) is 11.4. The molecule has 1 N–H and O–H groups in total. The molecule has 0 saturated carbocycles. The van der Waals surface area contributed by atoms with E-state index < -0.39 is 0 Å². The molecular formula is C25H32N4O5. The average Bonchev–Trinajstić information content (AvgIpc) is 3.32. The van der Waals surface area contributed by atoms with Crippen molar-refractivity contribution >= 4 is 17.6 Å². The summed E-state index contributed by atoms with van der Waals surface area (Å²) < 4.78 is 16.1. The van der Waals surface area contributed by atoms with Crippen LogP contribution in [0.2, 0.25) is 0 Å². The molecule has 0 aliphatic carbocycles. The molecular weight excluding hydrogens is 436 g/mol. The standard InChI is InChI=1S/C25H32N4O5/c1-6-13-26-25(31)28(2)16-24(30)29-21(18-9-12-22(33-4)23(14-18)34-5)15-20(27-29)17-7-10-19(32-3)11-8-17/h7-12,14,21H,6,13,15-16H2,1-5H3,(H,26,31)/t21-/m0/s1. The number of carbonyl (C=O) groups is 2. The molecule has 1 aliphatic rings. The third-order valence-corrected chi connectivity index (χ3v) is 5.63. The molecule has 1 heterocycles. The molecule has 0 aromatic heterocycles. The maximum Gasteiger partial charge on any atom is 0.317 e. The van der Waals surface area contributed by atoms with Crippen LogP contribution in [-0.2, 0) is 4.79 Å². The molecule has 0 unspecified atom stereocenters. The second-order valence-electron chi connectivity index (χ2n) is 7.94. The Morgan fingerprint density at radius 2 is 1.76 bits per heavy atom. The van der Waals surface area contributed by atoms with Crippen molar-refractivity contribution < 1.29 is 23.8 Å². The van der Waals surface area contributed by atoms with Gasteiger partial charge in [0.25, 0.3) is 5.91 Å². The minimum atomic E-state index is -0.350. The number of methoxy groups -OCH3 is 3. The molecule has 0 bridgehead atoms. The van der Waals surface area contributed by atoms with Crippen LogP contribution in [0, 0.1) is 0 Å². The number of nitrogens with zero attached hydrogens (tertiary/aromatic N) is 3. The van der Waals surface area contributed by atoms with Gasteiger partial charge in [-0.1, -0.05) is 13.0 Å². The SMILES string of the molecule is CCCNC(=O)N(C)CC(=O)N1N=C(c2ccc(OC)cc2)C[C@H]1c1ccc(OC)c(OC)c1. The van der Waals surface area contributed by atoms with E-state index in [1.54, 1.807) is 28.4 Å². The van der Waals surface area contributed by atoms with Crippen LogP contribution in [0.3, 0.4) is 0 Å². The monoisotopic (exact) mass is 468 g/mol. The maximum atomic E-state index is 13.3. The van der Waals surface area contributed by atoms with Crippen molar-refractivity contribution in [2.45, 2.75) is 25.8 Å². The van der Waals surface area contributed by atoms with Gasteiger partial charge in [0.05, 0.1) is 33.1 Å². The number of nitrogens with one attached hydrogen (secondary N) is 1. The van der Waals surface area contributed by atoms with Crippen molar-refractivity contribution in [1.82, 2.24) is 15.2 Å². The highest BCUT2D eigenvalue weighted by Gasteiger charge is 2.34. The number of urea groups is 1. The smallest absolute Gasteiger partial charge is 0.317 e. The highest BCUT2D eigenvalue weighted by Crippen LogP contribution is 2.37. The largest absolute Gasteiger partial charge is 0.497 e. The van der Waals surface area contributed by atoms with Crippen LogP contribution < -0.4 is 19.5 Å². The van der Waals surface area contributed by atoms with Crippen molar-refractivity contribution in [2.75, 3.05) is 41.5 Å². The Bertz CT molecular complexity index is 1040. The quantitative estimate of drug-likeness (QED) is 0.609.